The Labute approximate surface area is 150 Å². The molecule has 1 amide bonds. The summed E-state index contributed by atoms with van der Waals surface area (Å²) in [5.41, 5.74) is 0.0638. The lowest BCUT2D eigenvalue weighted by Gasteiger charge is -2.32. The molecule has 0 spiro atoms. The van der Waals surface area contributed by atoms with Crippen LogP contribution in [0.2, 0.25) is 0 Å². The van der Waals surface area contributed by atoms with E-state index in [1.807, 2.05) is 18.5 Å². The van der Waals surface area contributed by atoms with Crippen molar-refractivity contribution in [3.05, 3.63) is 39.3 Å². The van der Waals surface area contributed by atoms with Crippen LogP contribution in [0, 0.1) is 6.92 Å². The first-order valence-corrected chi connectivity index (χ1v) is 8.54. The molecular weight excluding hydrogens is 338 g/mol. The molecule has 0 unspecified atom stereocenters. The van der Waals surface area contributed by atoms with E-state index in [4.69, 9.17) is 4.74 Å². The molecule has 0 bridgehead atoms. The van der Waals surface area contributed by atoms with Gasteiger partial charge in [-0.1, -0.05) is 0 Å². The van der Waals surface area contributed by atoms with Crippen molar-refractivity contribution >= 4 is 5.91 Å². The predicted molar refractivity (Wildman–Crippen MR) is 92.9 cm³/mol. The third-order valence-electron chi connectivity index (χ3n) is 4.62. The van der Waals surface area contributed by atoms with Crippen LogP contribution in [0.15, 0.2) is 11.0 Å². The molecule has 2 aromatic heterocycles. The smallest absolute Gasteiger partial charge is 0.296 e. The maximum Gasteiger partial charge on any atom is 0.296 e. The SMILES string of the molecule is CCn1ncc(CNC(=O)c2nc3n(c(=O)c2O)CCOC3(C)C)c1C. The number of carbonyl (C=O) groups is 1. The van der Waals surface area contributed by atoms with Crippen LogP contribution >= 0.6 is 0 Å². The summed E-state index contributed by atoms with van der Waals surface area (Å²) >= 11 is 0. The highest BCUT2D eigenvalue weighted by Crippen LogP contribution is 2.27. The zero-order valence-corrected chi connectivity index (χ0v) is 15.4. The molecule has 0 fully saturated rings. The first-order valence-electron chi connectivity index (χ1n) is 8.54. The van der Waals surface area contributed by atoms with E-state index in [-0.39, 0.29) is 18.8 Å². The van der Waals surface area contributed by atoms with E-state index >= 15 is 0 Å². The van der Waals surface area contributed by atoms with Crippen molar-refractivity contribution in [3.8, 4) is 5.75 Å². The molecule has 140 valence electrons. The average molecular weight is 361 g/mol. The molecule has 2 N–H and O–H groups in total. The number of hydrogen-bond acceptors (Lipinski definition) is 6. The van der Waals surface area contributed by atoms with Crippen molar-refractivity contribution in [2.24, 2.45) is 0 Å². The monoisotopic (exact) mass is 361 g/mol. The van der Waals surface area contributed by atoms with Crippen LogP contribution < -0.4 is 10.9 Å². The molecule has 9 heteroatoms. The molecule has 26 heavy (non-hydrogen) atoms. The Bertz CT molecular complexity index is 913. The average Bonchev–Trinajstić information content (AvgIpc) is 2.95. The summed E-state index contributed by atoms with van der Waals surface area (Å²) < 4.78 is 8.81. The fourth-order valence-electron chi connectivity index (χ4n) is 3.06. The van der Waals surface area contributed by atoms with Gasteiger partial charge in [-0.15, -0.1) is 0 Å². The lowest BCUT2D eigenvalue weighted by molar-refractivity contribution is -0.0566. The van der Waals surface area contributed by atoms with Gasteiger partial charge in [-0.25, -0.2) is 4.98 Å². The minimum absolute atomic E-state index is 0.226. The largest absolute Gasteiger partial charge is 0.501 e. The van der Waals surface area contributed by atoms with E-state index in [1.165, 1.54) is 4.57 Å². The Morgan fingerprint density at radius 2 is 2.19 bits per heavy atom. The number of aromatic hydroxyl groups is 1. The van der Waals surface area contributed by atoms with E-state index in [9.17, 15) is 14.7 Å². The molecule has 0 aliphatic carbocycles. The van der Waals surface area contributed by atoms with Gasteiger partial charge in [0.15, 0.2) is 5.69 Å². The summed E-state index contributed by atoms with van der Waals surface area (Å²) in [6.45, 7) is 9.02. The topological polar surface area (TPSA) is 111 Å². The maximum atomic E-state index is 12.5. The van der Waals surface area contributed by atoms with Gasteiger partial charge in [0.25, 0.3) is 11.5 Å². The van der Waals surface area contributed by atoms with Crippen LogP contribution in [-0.2, 0) is 30.0 Å². The van der Waals surface area contributed by atoms with E-state index in [1.54, 1.807) is 20.0 Å². The number of hydrogen-bond donors (Lipinski definition) is 2. The highest BCUT2D eigenvalue weighted by molar-refractivity contribution is 5.94. The summed E-state index contributed by atoms with van der Waals surface area (Å²) in [5, 5.41) is 17.1. The van der Waals surface area contributed by atoms with Gasteiger partial charge in [-0.05, 0) is 27.7 Å². The van der Waals surface area contributed by atoms with Crippen LogP contribution in [0.4, 0.5) is 0 Å². The zero-order chi connectivity index (χ0) is 19.1. The quantitative estimate of drug-likeness (QED) is 0.828. The highest BCUT2D eigenvalue weighted by atomic mass is 16.5. The number of aromatic nitrogens is 4. The van der Waals surface area contributed by atoms with Crippen molar-refractivity contribution < 1.29 is 14.6 Å². The van der Waals surface area contributed by atoms with E-state index in [2.05, 4.69) is 15.4 Å². The van der Waals surface area contributed by atoms with Crippen molar-refractivity contribution in [1.82, 2.24) is 24.6 Å². The van der Waals surface area contributed by atoms with Gasteiger partial charge in [-0.3, -0.25) is 18.8 Å². The molecule has 0 saturated carbocycles. The van der Waals surface area contributed by atoms with Crippen LogP contribution in [-0.4, -0.2) is 37.0 Å². The molecule has 1 aliphatic rings. The van der Waals surface area contributed by atoms with E-state index in [0.717, 1.165) is 17.8 Å². The first-order chi connectivity index (χ1) is 12.3. The zero-order valence-electron chi connectivity index (χ0n) is 15.4. The second-order valence-corrected chi connectivity index (χ2v) is 6.70. The van der Waals surface area contributed by atoms with Gasteiger partial charge in [0.1, 0.15) is 11.4 Å². The highest BCUT2D eigenvalue weighted by Gasteiger charge is 2.34. The van der Waals surface area contributed by atoms with Crippen LogP contribution in [0.5, 0.6) is 5.75 Å². The van der Waals surface area contributed by atoms with Crippen LogP contribution in [0.25, 0.3) is 0 Å². The third-order valence-corrected chi connectivity index (χ3v) is 4.62. The Morgan fingerprint density at radius 3 is 2.85 bits per heavy atom. The van der Waals surface area contributed by atoms with E-state index in [0.29, 0.717) is 12.4 Å². The standard InChI is InChI=1S/C17H23N5O4/c1-5-22-10(2)11(9-19-22)8-18-14(24)12-13(23)15(25)21-6-7-26-17(3,4)16(21)20-12/h9,23H,5-8H2,1-4H3,(H,18,24). The molecule has 0 saturated heterocycles. The third kappa shape index (κ3) is 2.98. The van der Waals surface area contributed by atoms with Gasteiger partial charge in [-0.2, -0.15) is 5.10 Å². The molecule has 1 aliphatic heterocycles. The number of aryl methyl sites for hydroxylation is 1. The summed E-state index contributed by atoms with van der Waals surface area (Å²) in [4.78, 5) is 29.2. The van der Waals surface area contributed by atoms with Gasteiger partial charge in [0.2, 0.25) is 5.75 Å². The van der Waals surface area contributed by atoms with Crippen molar-refractivity contribution in [2.45, 2.75) is 52.9 Å². The van der Waals surface area contributed by atoms with Crippen molar-refractivity contribution in [1.29, 1.82) is 0 Å². The van der Waals surface area contributed by atoms with Gasteiger partial charge >= 0.3 is 0 Å². The van der Waals surface area contributed by atoms with Crippen molar-refractivity contribution in [2.75, 3.05) is 6.61 Å². The maximum absolute atomic E-state index is 12.5. The lowest BCUT2D eigenvalue weighted by atomic mass is 10.1. The Morgan fingerprint density at radius 1 is 1.46 bits per heavy atom. The van der Waals surface area contributed by atoms with Crippen LogP contribution in [0.3, 0.4) is 0 Å². The second-order valence-electron chi connectivity index (χ2n) is 6.70. The molecule has 0 radical (unpaired) electrons. The minimum Gasteiger partial charge on any atom is -0.501 e. The van der Waals surface area contributed by atoms with Crippen LogP contribution in [0.1, 0.15) is 48.3 Å². The molecule has 3 heterocycles. The van der Waals surface area contributed by atoms with E-state index < -0.39 is 22.8 Å². The minimum atomic E-state index is -0.820. The first kappa shape index (κ1) is 18.1. The number of ether oxygens (including phenoxy) is 1. The summed E-state index contributed by atoms with van der Waals surface area (Å²) in [6, 6.07) is 0. The number of nitrogens with one attached hydrogen (secondary N) is 1. The number of carbonyl (C=O) groups excluding carboxylic acids is 1. The Hall–Kier alpha value is -2.68. The predicted octanol–water partition coefficient (Wildman–Crippen LogP) is 0.669. The lowest BCUT2D eigenvalue weighted by Crippen LogP contribution is -2.42. The Kier molecular flexibility index (Phi) is 4.57. The summed E-state index contributed by atoms with van der Waals surface area (Å²) in [5.74, 6) is -0.940. The second kappa shape index (κ2) is 6.56. The number of nitrogens with zero attached hydrogens (tertiary/aromatic N) is 4. The number of fused-ring (bicyclic) bond motifs is 1. The summed E-state index contributed by atoms with van der Waals surface area (Å²) in [7, 11) is 0. The molecule has 0 atom stereocenters. The molecule has 2 aromatic rings. The summed E-state index contributed by atoms with van der Waals surface area (Å²) in [6.07, 6.45) is 1.69. The molecule has 3 rings (SSSR count). The fourth-order valence-corrected chi connectivity index (χ4v) is 3.06. The normalized spacial score (nSPS) is 15.5. The fraction of sp³-hybridized carbons (Fsp3) is 0.529. The number of amides is 1. The molecular formula is C17H23N5O4. The number of rotatable bonds is 4. The Balaban J connectivity index is 1.89. The van der Waals surface area contributed by atoms with Gasteiger partial charge in [0, 0.05) is 24.3 Å². The van der Waals surface area contributed by atoms with Gasteiger partial charge < -0.3 is 15.2 Å². The molecule has 0 aromatic carbocycles. The van der Waals surface area contributed by atoms with Crippen molar-refractivity contribution in [3.63, 3.8) is 0 Å². The van der Waals surface area contributed by atoms with Gasteiger partial charge in [0.05, 0.1) is 19.3 Å². The molecule has 9 nitrogen and oxygen atoms in total.